The van der Waals surface area contributed by atoms with Crippen molar-refractivity contribution in [3.8, 4) is 17.1 Å². The van der Waals surface area contributed by atoms with Crippen molar-refractivity contribution in [2.75, 3.05) is 0 Å². The molecule has 128 valence electrons. The van der Waals surface area contributed by atoms with E-state index in [0.29, 0.717) is 22.6 Å². The summed E-state index contributed by atoms with van der Waals surface area (Å²) in [5.41, 5.74) is -3.25. The van der Waals surface area contributed by atoms with Crippen LogP contribution >= 0.6 is 0 Å². The number of rotatable bonds is 1. The van der Waals surface area contributed by atoms with Crippen LogP contribution < -0.4 is 4.68 Å². The lowest BCUT2D eigenvalue weighted by Gasteiger charge is -2.44. The van der Waals surface area contributed by atoms with E-state index >= 15 is 0 Å². The number of fused-ring (bicyclic) bond motifs is 3. The standard InChI is InChI=1S/C22H26N3/c1-15-11-10-14-17-18(15)25-20(22(4,5)21(17,2)3)23-19(24(25)6)16-12-8-7-9-13-16/h7-14H,1-6H3/q+1/i2D3,4D3,5D3. The number of aryl methyl sites for hydroxylation is 1. The molecule has 0 aliphatic carbocycles. The van der Waals surface area contributed by atoms with Gasteiger partial charge >= 0.3 is 5.82 Å². The van der Waals surface area contributed by atoms with E-state index < -0.39 is 31.4 Å². The molecule has 3 aromatic rings. The number of benzene rings is 2. The van der Waals surface area contributed by atoms with E-state index in [-0.39, 0.29) is 11.4 Å². The van der Waals surface area contributed by atoms with Crippen molar-refractivity contribution in [2.45, 2.75) is 45.2 Å². The predicted molar refractivity (Wildman–Crippen MR) is 101 cm³/mol. The second kappa shape index (κ2) is 5.04. The molecule has 0 amide bonds. The highest BCUT2D eigenvalue weighted by Gasteiger charge is 2.53. The van der Waals surface area contributed by atoms with Crippen molar-refractivity contribution in [2.24, 2.45) is 7.05 Å². The summed E-state index contributed by atoms with van der Waals surface area (Å²) in [4.78, 5) is 4.61. The molecule has 3 heteroatoms. The van der Waals surface area contributed by atoms with Crippen molar-refractivity contribution in [1.29, 1.82) is 0 Å². The van der Waals surface area contributed by atoms with Crippen LogP contribution in [0.3, 0.4) is 0 Å². The maximum atomic E-state index is 8.54. The number of hydrogen-bond acceptors (Lipinski definition) is 1. The minimum atomic E-state index is -3.24. The highest BCUT2D eigenvalue weighted by atomic mass is 15.5. The Labute approximate surface area is 162 Å². The van der Waals surface area contributed by atoms with Crippen molar-refractivity contribution in [1.82, 2.24) is 9.67 Å². The summed E-state index contributed by atoms with van der Waals surface area (Å²) in [6.07, 6.45) is 0. The third kappa shape index (κ3) is 1.98. The SMILES string of the molecule is [2H]C([2H])([2H])C1(C)c2cccc(C)c2-n2c(nc(-c3ccccc3)[n+]2C)C1(C([2H])([2H])[2H])C([2H])([2H])[2H]. The monoisotopic (exact) mass is 341 g/mol. The van der Waals surface area contributed by atoms with E-state index in [0.717, 1.165) is 0 Å². The first-order valence-electron chi connectivity index (χ1n) is 12.7. The highest BCUT2D eigenvalue weighted by Crippen LogP contribution is 2.49. The molecule has 4 rings (SSSR count). The van der Waals surface area contributed by atoms with Crippen LogP contribution in [-0.4, -0.2) is 9.67 Å². The first-order chi connectivity index (χ1) is 15.5. The summed E-state index contributed by atoms with van der Waals surface area (Å²) in [7, 11) is 1.66. The molecule has 1 aliphatic rings. The van der Waals surface area contributed by atoms with Crippen LogP contribution in [0.15, 0.2) is 48.5 Å². The minimum Gasteiger partial charge on any atom is -0.147 e. The zero-order valence-corrected chi connectivity index (χ0v) is 14.5. The Bertz CT molecular complexity index is 1240. The van der Waals surface area contributed by atoms with Crippen LogP contribution in [0.2, 0.25) is 0 Å². The summed E-state index contributed by atoms with van der Waals surface area (Å²) < 4.78 is 79.8. The van der Waals surface area contributed by atoms with E-state index in [4.69, 9.17) is 12.3 Å². The molecule has 1 aromatic heterocycles. The first kappa shape index (κ1) is 8.79. The zero-order chi connectivity index (χ0) is 25.5. The van der Waals surface area contributed by atoms with Crippen LogP contribution in [-0.2, 0) is 17.9 Å². The lowest BCUT2D eigenvalue weighted by Crippen LogP contribution is -2.51. The van der Waals surface area contributed by atoms with Gasteiger partial charge in [-0.05, 0) is 48.9 Å². The fraction of sp³-hybridized carbons (Fsp3) is 0.364. The van der Waals surface area contributed by atoms with E-state index in [1.807, 2.05) is 6.07 Å². The molecule has 0 saturated heterocycles. The van der Waals surface area contributed by atoms with E-state index in [9.17, 15) is 0 Å². The summed E-state index contributed by atoms with van der Waals surface area (Å²) in [6, 6.07) is 13.9. The summed E-state index contributed by atoms with van der Waals surface area (Å²) >= 11 is 0. The first-order valence-corrected chi connectivity index (χ1v) is 8.17. The fourth-order valence-electron chi connectivity index (χ4n) is 3.56. The van der Waals surface area contributed by atoms with Crippen molar-refractivity contribution in [3.05, 3.63) is 65.5 Å². The third-order valence-corrected chi connectivity index (χ3v) is 5.12. The number of nitrogens with zero attached hydrogens (tertiary/aromatic N) is 3. The topological polar surface area (TPSA) is 21.7 Å². The van der Waals surface area contributed by atoms with Gasteiger partial charge in [0, 0.05) is 17.8 Å². The smallest absolute Gasteiger partial charge is 0.147 e. The summed E-state index contributed by atoms with van der Waals surface area (Å²) in [5.74, 6) is 0.0201. The Morgan fingerprint density at radius 2 is 1.72 bits per heavy atom. The second-order valence-electron chi connectivity index (χ2n) is 6.81. The molecule has 0 bridgehead atoms. The Kier molecular flexibility index (Phi) is 1.77. The van der Waals surface area contributed by atoms with Gasteiger partial charge in [0.05, 0.1) is 16.7 Å². The van der Waals surface area contributed by atoms with Crippen molar-refractivity contribution in [3.63, 3.8) is 0 Å². The molecule has 1 atom stereocenters. The lowest BCUT2D eigenvalue weighted by molar-refractivity contribution is -0.736. The maximum Gasteiger partial charge on any atom is 0.351 e. The van der Waals surface area contributed by atoms with E-state index in [1.54, 1.807) is 55.1 Å². The molecule has 2 heterocycles. The quantitative estimate of drug-likeness (QED) is 0.607. The van der Waals surface area contributed by atoms with Gasteiger partial charge < -0.3 is 0 Å². The van der Waals surface area contributed by atoms with Gasteiger partial charge in [0.1, 0.15) is 7.05 Å². The molecule has 0 radical (unpaired) electrons. The van der Waals surface area contributed by atoms with Crippen LogP contribution in [0.1, 0.15) is 56.8 Å². The molecule has 3 nitrogen and oxygen atoms in total. The highest BCUT2D eigenvalue weighted by molar-refractivity contribution is 5.58. The number of para-hydroxylation sites is 1. The predicted octanol–water partition coefficient (Wildman–Crippen LogP) is 4.24. The summed E-state index contributed by atoms with van der Waals surface area (Å²) in [5, 5.41) is 0. The van der Waals surface area contributed by atoms with Crippen LogP contribution in [0.5, 0.6) is 0 Å². The Morgan fingerprint density at radius 1 is 1.00 bits per heavy atom. The molecule has 1 unspecified atom stereocenters. The van der Waals surface area contributed by atoms with E-state index in [2.05, 4.69) is 4.98 Å². The summed E-state index contributed by atoms with van der Waals surface area (Å²) in [6.45, 7) is -6.46. The molecule has 1 aliphatic heterocycles. The van der Waals surface area contributed by atoms with Crippen molar-refractivity contribution < 1.29 is 17.0 Å². The molecular formula is C22H26N3+. The van der Waals surface area contributed by atoms with Gasteiger partial charge in [0.25, 0.3) is 5.82 Å². The Hall–Kier alpha value is -2.42. The molecule has 2 aromatic carbocycles. The minimum absolute atomic E-state index is 0.139. The zero-order valence-electron chi connectivity index (χ0n) is 23.5. The normalized spacial score (nSPS) is 27.7. The van der Waals surface area contributed by atoms with Gasteiger partial charge in [-0.1, -0.05) is 50.2 Å². The molecular weight excluding hydrogens is 306 g/mol. The molecule has 0 fully saturated rings. The average Bonchev–Trinajstić information content (AvgIpc) is 3.03. The lowest BCUT2D eigenvalue weighted by atomic mass is 9.61. The van der Waals surface area contributed by atoms with Gasteiger partial charge in [-0.2, -0.15) is 0 Å². The third-order valence-electron chi connectivity index (χ3n) is 5.12. The van der Waals surface area contributed by atoms with Gasteiger partial charge in [-0.3, -0.25) is 0 Å². The van der Waals surface area contributed by atoms with Gasteiger partial charge in [0.2, 0.25) is 0 Å². The van der Waals surface area contributed by atoms with Gasteiger partial charge in [-0.15, -0.1) is 9.36 Å². The van der Waals surface area contributed by atoms with Crippen molar-refractivity contribution >= 4 is 0 Å². The van der Waals surface area contributed by atoms with Crippen LogP contribution in [0.4, 0.5) is 0 Å². The largest absolute Gasteiger partial charge is 0.351 e. The second-order valence-corrected chi connectivity index (χ2v) is 6.81. The van der Waals surface area contributed by atoms with E-state index in [1.165, 1.54) is 17.7 Å². The number of aromatic nitrogens is 3. The van der Waals surface area contributed by atoms with Crippen LogP contribution in [0, 0.1) is 6.92 Å². The fourth-order valence-corrected chi connectivity index (χ4v) is 3.56. The molecule has 0 saturated carbocycles. The average molecular weight is 342 g/mol. The maximum absolute atomic E-state index is 8.54. The Morgan fingerprint density at radius 3 is 2.40 bits per heavy atom. The van der Waals surface area contributed by atoms with Gasteiger partial charge in [-0.25, -0.2) is 0 Å². The number of hydrogen-bond donors (Lipinski definition) is 0. The molecule has 25 heavy (non-hydrogen) atoms. The van der Waals surface area contributed by atoms with Gasteiger partial charge in [0.15, 0.2) is 0 Å². The Balaban J connectivity index is 2.33. The van der Waals surface area contributed by atoms with Crippen LogP contribution in [0.25, 0.3) is 17.1 Å². The molecule has 0 N–H and O–H groups in total. The molecule has 0 spiro atoms.